The summed E-state index contributed by atoms with van der Waals surface area (Å²) in [7, 11) is 1.55. The molecule has 1 aliphatic heterocycles. The second-order valence-corrected chi connectivity index (χ2v) is 10.9. The van der Waals surface area contributed by atoms with Crippen LogP contribution in [-0.2, 0) is 9.59 Å². The number of amides is 1. The Morgan fingerprint density at radius 3 is 1.77 bits per heavy atom. The smallest absolute Gasteiger partial charge is 0.295 e. The zero-order valence-electron chi connectivity index (χ0n) is 24.3. The highest BCUT2D eigenvalue weighted by Gasteiger charge is 2.45. The lowest BCUT2D eigenvalue weighted by Crippen LogP contribution is -2.30. The predicted octanol–water partition coefficient (Wildman–Crippen LogP) is 8.74. The molecule has 0 spiro atoms. The highest BCUT2D eigenvalue weighted by molar-refractivity contribution is 6.46. The van der Waals surface area contributed by atoms with Crippen molar-refractivity contribution >= 4 is 17.4 Å². The summed E-state index contributed by atoms with van der Waals surface area (Å²) in [5, 5.41) is 11.1. The van der Waals surface area contributed by atoms with Gasteiger partial charge in [-0.15, -0.1) is 0 Å². The van der Waals surface area contributed by atoms with Crippen LogP contribution in [0.15, 0.2) is 54.1 Å². The Balaban J connectivity index is 1.54. The molecule has 218 valence electrons. The minimum Gasteiger partial charge on any atom is -0.507 e. The Hall–Kier alpha value is -3.15. The maximum atomic E-state index is 13.7. The number of unbranched alkanes of at least 4 members (excludes halogenated alkanes) is 13. The summed E-state index contributed by atoms with van der Waals surface area (Å²) >= 11 is 0. The SMILES string of the molecule is CCCCCCCCCCCCCCCCN1C(=O)C(=O)/C(=C(/O)c2ccc(OC)cc2)C1c1ccc(F)cc1. The molecule has 1 unspecified atom stereocenters. The van der Waals surface area contributed by atoms with Crippen molar-refractivity contribution in [2.45, 2.75) is 103 Å². The van der Waals surface area contributed by atoms with Crippen LogP contribution in [0, 0.1) is 5.82 Å². The number of carbonyl (C=O) groups excluding carboxylic acids is 2. The van der Waals surface area contributed by atoms with E-state index in [0.717, 1.165) is 19.3 Å². The van der Waals surface area contributed by atoms with Gasteiger partial charge in [-0.25, -0.2) is 4.39 Å². The van der Waals surface area contributed by atoms with Gasteiger partial charge in [0, 0.05) is 12.1 Å². The molecule has 1 saturated heterocycles. The molecule has 1 atom stereocenters. The van der Waals surface area contributed by atoms with Crippen molar-refractivity contribution in [3.63, 3.8) is 0 Å². The van der Waals surface area contributed by atoms with Crippen molar-refractivity contribution in [2.75, 3.05) is 13.7 Å². The average Bonchev–Trinajstić information content (AvgIpc) is 3.22. The Labute approximate surface area is 239 Å². The van der Waals surface area contributed by atoms with Gasteiger partial charge in [0.2, 0.25) is 0 Å². The molecule has 1 aliphatic rings. The number of hydrogen-bond acceptors (Lipinski definition) is 4. The van der Waals surface area contributed by atoms with E-state index in [2.05, 4.69) is 6.92 Å². The molecule has 3 rings (SSSR count). The van der Waals surface area contributed by atoms with E-state index in [1.54, 1.807) is 43.5 Å². The van der Waals surface area contributed by atoms with E-state index in [1.807, 2.05) is 0 Å². The minimum atomic E-state index is -0.760. The summed E-state index contributed by atoms with van der Waals surface area (Å²) in [5.41, 5.74) is 1.05. The molecule has 1 N–H and O–H groups in total. The van der Waals surface area contributed by atoms with Gasteiger partial charge in [-0.05, 0) is 48.4 Å². The van der Waals surface area contributed by atoms with Crippen LogP contribution in [0.25, 0.3) is 5.76 Å². The largest absolute Gasteiger partial charge is 0.507 e. The molecule has 2 aromatic rings. The molecular formula is C34H46FNO4. The number of hydrogen-bond donors (Lipinski definition) is 1. The van der Waals surface area contributed by atoms with Gasteiger partial charge in [0.05, 0.1) is 18.7 Å². The zero-order chi connectivity index (χ0) is 28.7. The summed E-state index contributed by atoms with van der Waals surface area (Å²) in [6, 6.07) is 11.7. The number of aliphatic hydroxyl groups is 1. The lowest BCUT2D eigenvalue weighted by molar-refractivity contribution is -0.139. The third-order valence-corrected chi connectivity index (χ3v) is 7.84. The second kappa shape index (κ2) is 16.8. The van der Waals surface area contributed by atoms with Gasteiger partial charge in [-0.3, -0.25) is 9.59 Å². The number of ether oxygens (including phenoxy) is 1. The number of methoxy groups -OCH3 is 1. The first-order valence-corrected chi connectivity index (χ1v) is 15.2. The van der Waals surface area contributed by atoms with Crippen LogP contribution in [-0.4, -0.2) is 35.4 Å². The molecular weight excluding hydrogens is 505 g/mol. The highest BCUT2D eigenvalue weighted by Crippen LogP contribution is 2.39. The number of aliphatic hydroxyl groups excluding tert-OH is 1. The van der Waals surface area contributed by atoms with Gasteiger partial charge in [0.15, 0.2) is 0 Å². The van der Waals surface area contributed by atoms with Crippen molar-refractivity contribution < 1.29 is 23.8 Å². The first-order chi connectivity index (χ1) is 19.5. The van der Waals surface area contributed by atoms with Crippen molar-refractivity contribution in [1.29, 1.82) is 0 Å². The van der Waals surface area contributed by atoms with Gasteiger partial charge in [-0.1, -0.05) is 103 Å². The van der Waals surface area contributed by atoms with E-state index in [4.69, 9.17) is 4.74 Å². The molecule has 40 heavy (non-hydrogen) atoms. The lowest BCUT2D eigenvalue weighted by Gasteiger charge is -2.25. The van der Waals surface area contributed by atoms with Gasteiger partial charge >= 0.3 is 0 Å². The predicted molar refractivity (Wildman–Crippen MR) is 159 cm³/mol. The third kappa shape index (κ3) is 8.94. The van der Waals surface area contributed by atoms with Crippen LogP contribution in [0.2, 0.25) is 0 Å². The fraction of sp³-hybridized carbons (Fsp3) is 0.529. The molecule has 2 aromatic carbocycles. The maximum absolute atomic E-state index is 13.7. The summed E-state index contributed by atoms with van der Waals surface area (Å²) in [4.78, 5) is 27.8. The molecule has 1 amide bonds. The number of Topliss-reactive ketones (excluding diaryl/α,β-unsaturated/α-hetero) is 1. The van der Waals surface area contributed by atoms with E-state index in [1.165, 1.54) is 87.7 Å². The summed E-state index contributed by atoms with van der Waals surface area (Å²) in [6.07, 6.45) is 17.3. The highest BCUT2D eigenvalue weighted by atomic mass is 19.1. The van der Waals surface area contributed by atoms with Crippen molar-refractivity contribution in [3.8, 4) is 5.75 Å². The fourth-order valence-electron chi connectivity index (χ4n) is 5.48. The Bertz CT molecular complexity index is 1090. The maximum Gasteiger partial charge on any atom is 0.295 e. The molecule has 6 heteroatoms. The number of carbonyl (C=O) groups is 2. The summed E-state index contributed by atoms with van der Waals surface area (Å²) in [5.74, 6) is -1.36. The number of nitrogens with zero attached hydrogens (tertiary/aromatic N) is 1. The molecule has 0 radical (unpaired) electrons. The fourth-order valence-corrected chi connectivity index (χ4v) is 5.48. The van der Waals surface area contributed by atoms with Gasteiger partial charge in [0.1, 0.15) is 17.3 Å². The van der Waals surface area contributed by atoms with Crippen LogP contribution in [0.5, 0.6) is 5.75 Å². The first kappa shape index (κ1) is 31.4. The molecule has 0 aliphatic carbocycles. The normalized spacial score (nSPS) is 16.6. The molecule has 1 fully saturated rings. The molecule has 0 aromatic heterocycles. The van der Waals surface area contributed by atoms with Gasteiger partial charge < -0.3 is 14.7 Å². The van der Waals surface area contributed by atoms with Crippen molar-refractivity contribution in [2.24, 2.45) is 0 Å². The van der Waals surface area contributed by atoms with E-state index in [0.29, 0.717) is 23.4 Å². The first-order valence-electron chi connectivity index (χ1n) is 15.2. The quantitative estimate of drug-likeness (QED) is 0.0870. The number of rotatable bonds is 18. The number of halogens is 1. The van der Waals surface area contributed by atoms with Crippen molar-refractivity contribution in [1.82, 2.24) is 4.90 Å². The molecule has 5 nitrogen and oxygen atoms in total. The zero-order valence-corrected chi connectivity index (χ0v) is 24.3. The Morgan fingerprint density at radius 1 is 0.775 bits per heavy atom. The van der Waals surface area contributed by atoms with Crippen LogP contribution >= 0.6 is 0 Å². The number of ketones is 1. The van der Waals surface area contributed by atoms with Crippen molar-refractivity contribution in [3.05, 3.63) is 71.0 Å². The van der Waals surface area contributed by atoms with E-state index in [9.17, 15) is 19.1 Å². The molecule has 0 bridgehead atoms. The topological polar surface area (TPSA) is 66.8 Å². The average molecular weight is 552 g/mol. The van der Waals surface area contributed by atoms with E-state index in [-0.39, 0.29) is 11.3 Å². The number of likely N-dealkylation sites (tertiary alicyclic amines) is 1. The Kier molecular flexibility index (Phi) is 13.2. The monoisotopic (exact) mass is 551 g/mol. The minimum absolute atomic E-state index is 0.0344. The lowest BCUT2D eigenvalue weighted by atomic mass is 9.95. The van der Waals surface area contributed by atoms with Crippen LogP contribution in [0.3, 0.4) is 0 Å². The van der Waals surface area contributed by atoms with Crippen LogP contribution < -0.4 is 4.74 Å². The standard InChI is InChI=1S/C34H46FNO4/c1-3-4-5-6-7-8-9-10-11-12-13-14-15-16-25-36-31(26-17-21-28(35)22-18-26)30(33(38)34(36)39)32(37)27-19-23-29(40-2)24-20-27/h17-24,31,37H,3-16,25H2,1-2H3/b32-30+. The van der Waals surface area contributed by atoms with Gasteiger partial charge in [-0.2, -0.15) is 0 Å². The summed E-state index contributed by atoms with van der Waals surface area (Å²) in [6.45, 7) is 2.66. The molecule has 0 saturated carbocycles. The van der Waals surface area contributed by atoms with E-state index >= 15 is 0 Å². The molecule has 1 heterocycles. The van der Waals surface area contributed by atoms with E-state index < -0.39 is 23.5 Å². The third-order valence-electron chi connectivity index (χ3n) is 7.84. The Morgan fingerprint density at radius 2 is 1.27 bits per heavy atom. The number of benzene rings is 2. The summed E-state index contributed by atoms with van der Waals surface area (Å²) < 4.78 is 18.9. The van der Waals surface area contributed by atoms with Crippen LogP contribution in [0.1, 0.15) is 114 Å². The second-order valence-electron chi connectivity index (χ2n) is 10.9. The van der Waals surface area contributed by atoms with Gasteiger partial charge in [0.25, 0.3) is 11.7 Å². The van der Waals surface area contributed by atoms with Crippen LogP contribution in [0.4, 0.5) is 4.39 Å².